The molecule has 0 spiro atoms. The molecule has 1 aliphatic rings. The van der Waals surface area contributed by atoms with Crippen LogP contribution in [0, 0.1) is 0 Å². The summed E-state index contributed by atoms with van der Waals surface area (Å²) in [7, 11) is 0. The van der Waals surface area contributed by atoms with E-state index in [1.165, 1.54) is 17.8 Å². The van der Waals surface area contributed by atoms with Crippen LogP contribution in [0.4, 0.5) is 5.82 Å². The van der Waals surface area contributed by atoms with Gasteiger partial charge in [-0.2, -0.15) is 5.10 Å². The molecule has 8 nitrogen and oxygen atoms in total. The number of carboxylic acids is 1. The third-order valence-corrected chi connectivity index (χ3v) is 4.40. The average molecular weight is 356 g/mol. The van der Waals surface area contributed by atoms with Gasteiger partial charge in [-0.05, 0) is 17.5 Å². The fraction of sp³-hybridized carbons (Fsp3) is 0.333. The average Bonchev–Trinajstić information content (AvgIpc) is 3.00. The number of carbonyl (C=O) groups excluding carboxylic acids is 2. The Bertz CT molecular complexity index is 845. The van der Waals surface area contributed by atoms with E-state index in [2.05, 4.69) is 10.4 Å². The first-order valence-electron chi connectivity index (χ1n) is 8.34. The highest BCUT2D eigenvalue weighted by Gasteiger charge is 2.30. The van der Waals surface area contributed by atoms with Gasteiger partial charge in [0, 0.05) is 25.7 Å². The van der Waals surface area contributed by atoms with Gasteiger partial charge in [0.05, 0.1) is 12.5 Å². The maximum atomic E-state index is 12.5. The molecule has 2 N–H and O–H groups in total. The van der Waals surface area contributed by atoms with Crippen molar-refractivity contribution < 1.29 is 19.5 Å². The van der Waals surface area contributed by atoms with Crippen LogP contribution in [0.15, 0.2) is 36.5 Å². The van der Waals surface area contributed by atoms with Gasteiger partial charge in [-0.3, -0.25) is 19.1 Å². The van der Waals surface area contributed by atoms with Crippen molar-refractivity contribution in [3.63, 3.8) is 0 Å². The van der Waals surface area contributed by atoms with Crippen LogP contribution in [0.1, 0.15) is 30.5 Å². The number of carboxylic acid groups (broad SMARTS) is 1. The van der Waals surface area contributed by atoms with Crippen LogP contribution in [0.3, 0.4) is 0 Å². The van der Waals surface area contributed by atoms with Gasteiger partial charge in [0.2, 0.25) is 11.8 Å². The molecule has 0 bridgehead atoms. The minimum Gasteiger partial charge on any atom is -0.480 e. The first-order valence-corrected chi connectivity index (χ1v) is 8.34. The number of hydrogen-bond acceptors (Lipinski definition) is 4. The zero-order valence-electron chi connectivity index (χ0n) is 14.4. The number of nitrogens with one attached hydrogen (secondary N) is 1. The number of carbonyl (C=O) groups is 3. The molecule has 136 valence electrons. The first kappa shape index (κ1) is 17.7. The van der Waals surface area contributed by atoms with Gasteiger partial charge in [-0.1, -0.05) is 24.3 Å². The summed E-state index contributed by atoms with van der Waals surface area (Å²) in [5, 5.41) is 15.4. The highest BCUT2D eigenvalue weighted by molar-refractivity contribution is 5.90. The van der Waals surface area contributed by atoms with E-state index in [1.807, 2.05) is 24.3 Å². The molecule has 0 aliphatic carbocycles. The molecule has 0 saturated carbocycles. The number of rotatable bonds is 5. The number of aliphatic carboxylic acids is 1. The predicted molar refractivity (Wildman–Crippen MR) is 93.4 cm³/mol. The second-order valence-corrected chi connectivity index (χ2v) is 6.22. The lowest BCUT2D eigenvalue weighted by Gasteiger charge is -2.36. The lowest BCUT2D eigenvalue weighted by Crippen LogP contribution is -2.40. The van der Waals surface area contributed by atoms with Gasteiger partial charge in [-0.25, -0.2) is 0 Å². The molecule has 1 aromatic carbocycles. The Balaban J connectivity index is 1.73. The Morgan fingerprint density at radius 1 is 1.27 bits per heavy atom. The second-order valence-electron chi connectivity index (χ2n) is 6.22. The lowest BCUT2D eigenvalue weighted by molar-refractivity contribution is -0.138. The zero-order valence-corrected chi connectivity index (χ0v) is 14.4. The highest BCUT2D eigenvalue weighted by atomic mass is 16.4. The van der Waals surface area contributed by atoms with Crippen molar-refractivity contribution in [3.8, 4) is 0 Å². The number of fused-ring (bicyclic) bond motifs is 1. The van der Waals surface area contributed by atoms with E-state index in [0.717, 1.165) is 17.5 Å². The number of hydrogen-bond donors (Lipinski definition) is 2. The van der Waals surface area contributed by atoms with E-state index in [4.69, 9.17) is 5.11 Å². The third kappa shape index (κ3) is 3.90. The molecule has 26 heavy (non-hydrogen) atoms. The summed E-state index contributed by atoms with van der Waals surface area (Å²) < 4.78 is 1.23. The molecule has 2 amide bonds. The van der Waals surface area contributed by atoms with Crippen LogP contribution in [-0.4, -0.2) is 44.1 Å². The number of amides is 2. The van der Waals surface area contributed by atoms with Crippen LogP contribution >= 0.6 is 0 Å². The maximum absolute atomic E-state index is 12.5. The summed E-state index contributed by atoms with van der Waals surface area (Å²) in [5.41, 5.74) is 2.13. The molecule has 2 heterocycles. The Labute approximate surface area is 150 Å². The van der Waals surface area contributed by atoms with Crippen molar-refractivity contribution in [2.24, 2.45) is 0 Å². The van der Waals surface area contributed by atoms with Gasteiger partial charge in [0.1, 0.15) is 6.54 Å². The standard InChI is InChI=1S/C18H20N4O4/c1-12(23)22-9-6-13-4-2-3-5-14(13)15(22)10-17(24)19-16-7-8-21(20-16)11-18(25)26/h2-5,7-8,15H,6,9-11H2,1H3,(H,25,26)(H,19,20,24)/t15-/m0/s1. The molecule has 0 unspecified atom stereocenters. The smallest absolute Gasteiger partial charge is 0.325 e. The van der Waals surface area contributed by atoms with E-state index >= 15 is 0 Å². The first-order chi connectivity index (χ1) is 12.4. The Hall–Kier alpha value is -3.16. The van der Waals surface area contributed by atoms with Gasteiger partial charge in [-0.15, -0.1) is 0 Å². The van der Waals surface area contributed by atoms with Crippen LogP contribution in [0.5, 0.6) is 0 Å². The summed E-state index contributed by atoms with van der Waals surface area (Å²) in [6.07, 6.45) is 2.37. The topological polar surface area (TPSA) is 105 Å². The van der Waals surface area contributed by atoms with Gasteiger partial charge in [0.15, 0.2) is 5.82 Å². The molecule has 1 aromatic heterocycles. The van der Waals surface area contributed by atoms with Crippen molar-refractivity contribution >= 4 is 23.6 Å². The normalized spacial score (nSPS) is 16.0. The van der Waals surface area contributed by atoms with Crippen LogP contribution < -0.4 is 5.32 Å². The van der Waals surface area contributed by atoms with Crippen molar-refractivity contribution in [3.05, 3.63) is 47.7 Å². The van der Waals surface area contributed by atoms with E-state index in [1.54, 1.807) is 11.0 Å². The number of anilines is 1. The molecule has 0 fully saturated rings. The summed E-state index contributed by atoms with van der Waals surface area (Å²) in [6.45, 7) is 1.81. The molecule has 1 aliphatic heterocycles. The number of benzene rings is 1. The summed E-state index contributed by atoms with van der Waals surface area (Å²) in [5.74, 6) is -1.07. The minimum absolute atomic E-state index is 0.0666. The van der Waals surface area contributed by atoms with Crippen LogP contribution in [-0.2, 0) is 27.3 Å². The molecule has 3 rings (SSSR count). The molecular formula is C18H20N4O4. The van der Waals surface area contributed by atoms with Crippen molar-refractivity contribution in [2.45, 2.75) is 32.4 Å². The van der Waals surface area contributed by atoms with E-state index < -0.39 is 5.97 Å². The van der Waals surface area contributed by atoms with E-state index in [9.17, 15) is 14.4 Å². The SMILES string of the molecule is CC(=O)N1CCc2ccccc2[C@@H]1CC(=O)Nc1ccn(CC(=O)O)n1. The summed E-state index contributed by atoms with van der Waals surface area (Å²) >= 11 is 0. The largest absolute Gasteiger partial charge is 0.480 e. The molecule has 1 atom stereocenters. The fourth-order valence-electron chi connectivity index (χ4n) is 3.27. The van der Waals surface area contributed by atoms with Crippen LogP contribution in [0.25, 0.3) is 0 Å². The van der Waals surface area contributed by atoms with E-state index in [-0.39, 0.29) is 36.6 Å². The molecule has 8 heteroatoms. The van der Waals surface area contributed by atoms with Crippen molar-refractivity contribution in [1.29, 1.82) is 0 Å². The Kier molecular flexibility index (Phi) is 5.01. The third-order valence-electron chi connectivity index (χ3n) is 4.40. The monoisotopic (exact) mass is 356 g/mol. The highest BCUT2D eigenvalue weighted by Crippen LogP contribution is 2.32. The molecule has 2 aromatic rings. The summed E-state index contributed by atoms with van der Waals surface area (Å²) in [6, 6.07) is 9.04. The number of aromatic nitrogens is 2. The number of nitrogens with zero attached hydrogens (tertiary/aromatic N) is 3. The van der Waals surface area contributed by atoms with Crippen molar-refractivity contribution in [1.82, 2.24) is 14.7 Å². The minimum atomic E-state index is -1.01. The Morgan fingerprint density at radius 2 is 2.04 bits per heavy atom. The van der Waals surface area contributed by atoms with E-state index in [0.29, 0.717) is 6.54 Å². The molecule has 0 saturated heterocycles. The summed E-state index contributed by atoms with van der Waals surface area (Å²) in [4.78, 5) is 36.9. The van der Waals surface area contributed by atoms with Gasteiger partial charge in [0.25, 0.3) is 0 Å². The van der Waals surface area contributed by atoms with Crippen molar-refractivity contribution in [2.75, 3.05) is 11.9 Å². The molecule has 0 radical (unpaired) electrons. The lowest BCUT2D eigenvalue weighted by atomic mass is 9.90. The van der Waals surface area contributed by atoms with Crippen LogP contribution in [0.2, 0.25) is 0 Å². The zero-order chi connectivity index (χ0) is 18.7. The van der Waals surface area contributed by atoms with Gasteiger partial charge < -0.3 is 15.3 Å². The maximum Gasteiger partial charge on any atom is 0.325 e. The Morgan fingerprint density at radius 3 is 2.77 bits per heavy atom. The quantitative estimate of drug-likeness (QED) is 0.843. The van der Waals surface area contributed by atoms with Gasteiger partial charge >= 0.3 is 5.97 Å². The predicted octanol–water partition coefficient (Wildman–Crippen LogP) is 1.44. The molecular weight excluding hydrogens is 336 g/mol. The second kappa shape index (κ2) is 7.38. The fourth-order valence-corrected chi connectivity index (χ4v) is 3.27.